The van der Waals surface area contributed by atoms with Gasteiger partial charge in [0.15, 0.2) is 0 Å². The topological polar surface area (TPSA) is 46.6 Å². The monoisotopic (exact) mass is 331 g/mol. The number of rotatable bonds is 10. The Morgan fingerprint density at radius 2 is 1.82 bits per heavy atom. The van der Waals surface area contributed by atoms with Gasteiger partial charge < -0.3 is 9.64 Å². The molecule has 1 saturated heterocycles. The molecule has 0 aromatic rings. The molecule has 0 bridgehead atoms. The van der Waals surface area contributed by atoms with E-state index in [0.717, 1.165) is 38.5 Å². The summed E-state index contributed by atoms with van der Waals surface area (Å²) >= 11 is 5.62. The van der Waals surface area contributed by atoms with E-state index in [1.165, 1.54) is 12.8 Å². The highest BCUT2D eigenvalue weighted by Crippen LogP contribution is 2.20. The molecule has 22 heavy (non-hydrogen) atoms. The summed E-state index contributed by atoms with van der Waals surface area (Å²) in [7, 11) is 0. The van der Waals surface area contributed by atoms with E-state index >= 15 is 0 Å². The number of nitrogens with zero attached hydrogens (tertiary/aromatic N) is 1. The number of carbonyl (C=O) groups excluding carboxylic acids is 2. The van der Waals surface area contributed by atoms with E-state index in [-0.39, 0.29) is 17.8 Å². The van der Waals surface area contributed by atoms with Crippen molar-refractivity contribution in [1.29, 1.82) is 0 Å². The van der Waals surface area contributed by atoms with Gasteiger partial charge in [-0.05, 0) is 32.1 Å². The quantitative estimate of drug-likeness (QED) is 0.348. The molecule has 0 aromatic heterocycles. The molecule has 0 aliphatic carbocycles. The van der Waals surface area contributed by atoms with Gasteiger partial charge in [0, 0.05) is 25.4 Å². The number of hydrogen-bond donors (Lipinski definition) is 0. The van der Waals surface area contributed by atoms with Crippen molar-refractivity contribution in [3.63, 3.8) is 0 Å². The summed E-state index contributed by atoms with van der Waals surface area (Å²) in [6.45, 7) is 4.05. The molecule has 0 unspecified atom stereocenters. The molecule has 4 nitrogen and oxygen atoms in total. The van der Waals surface area contributed by atoms with Crippen molar-refractivity contribution in [2.45, 2.75) is 64.7 Å². The number of esters is 1. The van der Waals surface area contributed by atoms with Gasteiger partial charge in [-0.25, -0.2) is 0 Å². The van der Waals surface area contributed by atoms with Crippen molar-refractivity contribution in [3.8, 4) is 0 Å². The fraction of sp³-hybridized carbons (Fsp3) is 0.882. The van der Waals surface area contributed by atoms with Gasteiger partial charge in [-0.1, -0.05) is 26.2 Å². The summed E-state index contributed by atoms with van der Waals surface area (Å²) in [6, 6.07) is 0. The van der Waals surface area contributed by atoms with Crippen LogP contribution in [0.2, 0.25) is 0 Å². The van der Waals surface area contributed by atoms with Crippen LogP contribution in [-0.4, -0.2) is 42.4 Å². The first-order chi connectivity index (χ1) is 10.7. The number of unbranched alkanes of at least 4 members (excludes halogenated alkanes) is 4. The summed E-state index contributed by atoms with van der Waals surface area (Å²) in [5.74, 6) is 0.694. The zero-order valence-corrected chi connectivity index (χ0v) is 14.6. The van der Waals surface area contributed by atoms with Crippen LogP contribution in [0.5, 0.6) is 0 Å². The van der Waals surface area contributed by atoms with Crippen LogP contribution in [0.25, 0.3) is 0 Å². The summed E-state index contributed by atoms with van der Waals surface area (Å²) in [5, 5.41) is 0. The van der Waals surface area contributed by atoms with E-state index in [1.807, 2.05) is 4.90 Å². The molecule has 1 fully saturated rings. The highest BCUT2D eigenvalue weighted by molar-refractivity contribution is 6.17. The Morgan fingerprint density at radius 1 is 1.09 bits per heavy atom. The number of halogens is 1. The van der Waals surface area contributed by atoms with Crippen LogP contribution >= 0.6 is 11.6 Å². The minimum absolute atomic E-state index is 0.0296. The molecule has 0 saturated carbocycles. The Bertz CT molecular complexity index is 328. The molecule has 0 N–H and O–H groups in total. The number of alkyl halides is 1. The molecule has 0 aromatic carbocycles. The smallest absolute Gasteiger partial charge is 0.309 e. The predicted molar refractivity (Wildman–Crippen MR) is 89.0 cm³/mol. The van der Waals surface area contributed by atoms with Crippen LogP contribution in [0.3, 0.4) is 0 Å². The SMILES string of the molecule is CCCCCCOC(=O)C1CCN(C(=O)CCCCCl)CC1. The van der Waals surface area contributed by atoms with Crippen LogP contribution in [0, 0.1) is 5.92 Å². The van der Waals surface area contributed by atoms with Crippen molar-refractivity contribution >= 4 is 23.5 Å². The van der Waals surface area contributed by atoms with Crippen molar-refractivity contribution in [3.05, 3.63) is 0 Å². The van der Waals surface area contributed by atoms with Crippen molar-refractivity contribution in [2.24, 2.45) is 5.92 Å². The van der Waals surface area contributed by atoms with Gasteiger partial charge >= 0.3 is 5.97 Å². The second-order valence-corrected chi connectivity index (χ2v) is 6.41. The van der Waals surface area contributed by atoms with Crippen LogP contribution in [-0.2, 0) is 14.3 Å². The standard InChI is InChI=1S/C17H30ClNO3/c1-2-3-4-7-14-22-17(21)15-9-12-19(13-10-15)16(20)8-5-6-11-18/h15H,2-14H2,1H3. The second-order valence-electron chi connectivity index (χ2n) is 6.03. The maximum absolute atomic E-state index is 12.0. The van der Waals surface area contributed by atoms with E-state index < -0.39 is 0 Å². The minimum atomic E-state index is -0.0780. The Balaban J connectivity index is 2.15. The van der Waals surface area contributed by atoms with Gasteiger partial charge in [0.25, 0.3) is 0 Å². The molecule has 1 aliphatic rings. The van der Waals surface area contributed by atoms with E-state index in [9.17, 15) is 9.59 Å². The number of carbonyl (C=O) groups is 2. The Kier molecular flexibility index (Phi) is 10.3. The summed E-state index contributed by atoms with van der Waals surface area (Å²) in [5.41, 5.74) is 0. The highest BCUT2D eigenvalue weighted by Gasteiger charge is 2.27. The summed E-state index contributed by atoms with van der Waals surface area (Å²) in [4.78, 5) is 25.8. The first kappa shape index (κ1) is 19.3. The molecule has 0 atom stereocenters. The number of amides is 1. The van der Waals surface area contributed by atoms with Crippen molar-refractivity contribution in [2.75, 3.05) is 25.6 Å². The molecule has 128 valence electrons. The van der Waals surface area contributed by atoms with Crippen LogP contribution < -0.4 is 0 Å². The number of ether oxygens (including phenoxy) is 1. The summed E-state index contributed by atoms with van der Waals surface area (Å²) in [6.07, 6.45) is 8.23. The number of piperidine rings is 1. The third-order valence-corrected chi connectivity index (χ3v) is 4.46. The van der Waals surface area contributed by atoms with Gasteiger partial charge in [-0.15, -0.1) is 11.6 Å². The highest BCUT2D eigenvalue weighted by atomic mass is 35.5. The lowest BCUT2D eigenvalue weighted by molar-refractivity contribution is -0.151. The van der Waals surface area contributed by atoms with Crippen LogP contribution in [0.15, 0.2) is 0 Å². The average molecular weight is 332 g/mol. The molecule has 0 radical (unpaired) electrons. The van der Waals surface area contributed by atoms with Gasteiger partial charge in [0.2, 0.25) is 5.91 Å². The molecule has 0 spiro atoms. The Hall–Kier alpha value is -0.770. The van der Waals surface area contributed by atoms with Gasteiger partial charge in [-0.2, -0.15) is 0 Å². The molecular weight excluding hydrogens is 302 g/mol. The van der Waals surface area contributed by atoms with E-state index in [1.54, 1.807) is 0 Å². The minimum Gasteiger partial charge on any atom is -0.465 e. The van der Waals surface area contributed by atoms with Crippen molar-refractivity contribution < 1.29 is 14.3 Å². The van der Waals surface area contributed by atoms with Gasteiger partial charge in [0.05, 0.1) is 12.5 Å². The third kappa shape index (κ3) is 7.48. The molecule has 1 amide bonds. The van der Waals surface area contributed by atoms with Crippen LogP contribution in [0.1, 0.15) is 64.7 Å². The molecule has 1 rings (SSSR count). The lowest BCUT2D eigenvalue weighted by Crippen LogP contribution is -2.40. The van der Waals surface area contributed by atoms with Gasteiger partial charge in [-0.3, -0.25) is 9.59 Å². The fourth-order valence-corrected chi connectivity index (χ4v) is 2.90. The second kappa shape index (κ2) is 11.8. The summed E-state index contributed by atoms with van der Waals surface area (Å²) < 4.78 is 5.35. The first-order valence-electron chi connectivity index (χ1n) is 8.69. The fourth-order valence-electron chi connectivity index (χ4n) is 2.71. The van der Waals surface area contributed by atoms with Crippen LogP contribution in [0.4, 0.5) is 0 Å². The predicted octanol–water partition coefficient (Wildman–Crippen LogP) is 3.76. The Morgan fingerprint density at radius 3 is 2.45 bits per heavy atom. The molecular formula is C17H30ClNO3. The normalized spacial score (nSPS) is 15.8. The van der Waals surface area contributed by atoms with E-state index in [4.69, 9.17) is 16.3 Å². The largest absolute Gasteiger partial charge is 0.465 e. The maximum atomic E-state index is 12.0. The molecule has 1 heterocycles. The Labute approximate surface area is 139 Å². The lowest BCUT2D eigenvalue weighted by Gasteiger charge is -2.31. The zero-order valence-electron chi connectivity index (χ0n) is 13.8. The first-order valence-corrected chi connectivity index (χ1v) is 9.22. The zero-order chi connectivity index (χ0) is 16.2. The average Bonchev–Trinajstić information content (AvgIpc) is 2.54. The maximum Gasteiger partial charge on any atom is 0.309 e. The van der Waals surface area contributed by atoms with E-state index in [0.29, 0.717) is 32.0 Å². The van der Waals surface area contributed by atoms with E-state index in [2.05, 4.69) is 6.92 Å². The number of hydrogen-bond acceptors (Lipinski definition) is 3. The molecule has 1 aliphatic heterocycles. The third-order valence-electron chi connectivity index (χ3n) is 4.20. The number of likely N-dealkylation sites (tertiary alicyclic amines) is 1. The van der Waals surface area contributed by atoms with Gasteiger partial charge in [0.1, 0.15) is 0 Å². The molecule has 5 heteroatoms. The lowest BCUT2D eigenvalue weighted by atomic mass is 9.96. The van der Waals surface area contributed by atoms with Crippen molar-refractivity contribution in [1.82, 2.24) is 4.90 Å².